The molecule has 2 aliphatic rings. The minimum Gasteiger partial charge on any atom is -0.316 e. The van der Waals surface area contributed by atoms with Crippen molar-refractivity contribution in [2.24, 2.45) is 0 Å². The topological polar surface area (TPSA) is 35.5 Å². The van der Waals surface area contributed by atoms with E-state index in [-0.39, 0.29) is 5.78 Å². The second-order valence-electron chi connectivity index (χ2n) is 2.79. The number of rotatable bonds is 0. The van der Waals surface area contributed by atoms with E-state index < -0.39 is 5.79 Å². The molecule has 2 rings (SSSR count). The molecule has 56 valence electrons. The van der Waals surface area contributed by atoms with Gasteiger partial charge in [0.05, 0.1) is 0 Å². The number of carbonyl (C=O) groups is 1. The van der Waals surface area contributed by atoms with Gasteiger partial charge in [0.2, 0.25) is 5.79 Å². The third-order valence-corrected chi connectivity index (χ3v) is 2.17. The van der Waals surface area contributed by atoms with Crippen molar-refractivity contribution in [2.45, 2.75) is 31.5 Å². The maximum Gasteiger partial charge on any atom is 0.232 e. The molecule has 0 aromatic carbocycles. The zero-order valence-corrected chi connectivity index (χ0v) is 5.76. The van der Waals surface area contributed by atoms with Gasteiger partial charge in [-0.25, -0.2) is 0 Å². The highest BCUT2D eigenvalue weighted by Gasteiger charge is 2.48. The van der Waals surface area contributed by atoms with Crippen molar-refractivity contribution in [3.05, 3.63) is 0 Å². The summed E-state index contributed by atoms with van der Waals surface area (Å²) in [4.78, 5) is 11.1. The van der Waals surface area contributed by atoms with Gasteiger partial charge in [0, 0.05) is 12.8 Å². The van der Waals surface area contributed by atoms with Gasteiger partial charge in [0.1, 0.15) is 0 Å². The summed E-state index contributed by atoms with van der Waals surface area (Å²) < 4.78 is 10.2. The zero-order valence-electron chi connectivity index (χ0n) is 5.76. The number of Topliss-reactive ketones (excluding diaryl/α,β-unsaturated/α-hetero) is 1. The number of hydrogen-bond donors (Lipinski definition) is 0. The van der Waals surface area contributed by atoms with E-state index in [0.717, 1.165) is 19.3 Å². The van der Waals surface area contributed by atoms with Crippen LogP contribution in [0, 0.1) is 0 Å². The molecule has 3 nitrogen and oxygen atoms in total. The lowest BCUT2D eigenvalue weighted by Crippen LogP contribution is -2.54. The largest absolute Gasteiger partial charge is 0.316 e. The summed E-state index contributed by atoms with van der Waals surface area (Å²) in [6, 6.07) is 0. The first-order valence-corrected chi connectivity index (χ1v) is 3.65. The van der Waals surface area contributed by atoms with Gasteiger partial charge in [-0.05, 0) is 12.8 Å². The highest BCUT2D eigenvalue weighted by atomic mass is 16.9. The number of hydrogen-bond acceptors (Lipinski definition) is 3. The Balaban J connectivity index is 2.10. The van der Waals surface area contributed by atoms with Crippen molar-refractivity contribution in [1.29, 1.82) is 0 Å². The van der Waals surface area contributed by atoms with E-state index in [2.05, 4.69) is 0 Å². The maximum absolute atomic E-state index is 11.1. The normalized spacial score (nSPS) is 30.2. The summed E-state index contributed by atoms with van der Waals surface area (Å²) in [5.74, 6) is -0.650. The maximum atomic E-state index is 11.1. The minimum absolute atomic E-state index is 0.130. The fraction of sp³-hybridized carbons (Fsp3) is 0.857. The number of ketones is 1. The van der Waals surface area contributed by atoms with Crippen LogP contribution in [0.25, 0.3) is 0 Å². The third-order valence-electron chi connectivity index (χ3n) is 2.17. The molecule has 0 aromatic rings. The Kier molecular flexibility index (Phi) is 1.28. The summed E-state index contributed by atoms with van der Waals surface area (Å²) in [6.07, 6.45) is 3.42. The molecule has 10 heavy (non-hydrogen) atoms. The van der Waals surface area contributed by atoms with Gasteiger partial charge in [0.15, 0.2) is 12.6 Å². The van der Waals surface area contributed by atoms with E-state index in [0.29, 0.717) is 13.2 Å². The van der Waals surface area contributed by atoms with Crippen molar-refractivity contribution < 1.29 is 14.3 Å². The average Bonchev–Trinajstić information content (AvgIpc) is 1.85. The van der Waals surface area contributed by atoms with Gasteiger partial charge < -0.3 is 9.47 Å². The fourth-order valence-electron chi connectivity index (χ4n) is 1.48. The van der Waals surface area contributed by atoms with Crippen molar-refractivity contribution in [1.82, 2.24) is 0 Å². The SMILES string of the molecule is O=C1CCCCC12OCO2. The molecule has 1 aliphatic heterocycles. The van der Waals surface area contributed by atoms with Crippen LogP contribution in [0.4, 0.5) is 0 Å². The molecule has 1 spiro atoms. The minimum atomic E-state index is -0.780. The van der Waals surface area contributed by atoms with Gasteiger partial charge in [-0.2, -0.15) is 0 Å². The summed E-state index contributed by atoms with van der Waals surface area (Å²) in [5.41, 5.74) is 0. The lowest BCUT2D eigenvalue weighted by atomic mass is 9.92. The molecule has 0 bridgehead atoms. The smallest absolute Gasteiger partial charge is 0.232 e. The highest BCUT2D eigenvalue weighted by molar-refractivity contribution is 5.86. The van der Waals surface area contributed by atoms with Crippen LogP contribution in [0.5, 0.6) is 0 Å². The molecule has 1 saturated heterocycles. The summed E-state index contributed by atoms with van der Waals surface area (Å²) >= 11 is 0. The fourth-order valence-corrected chi connectivity index (χ4v) is 1.48. The van der Waals surface area contributed by atoms with Gasteiger partial charge in [-0.15, -0.1) is 0 Å². The number of carbonyl (C=O) groups excluding carboxylic acids is 1. The van der Waals surface area contributed by atoms with Crippen LogP contribution >= 0.6 is 0 Å². The molecule has 1 saturated carbocycles. The van der Waals surface area contributed by atoms with Crippen LogP contribution in [0.2, 0.25) is 0 Å². The summed E-state index contributed by atoms with van der Waals surface area (Å²) in [5, 5.41) is 0. The van der Waals surface area contributed by atoms with Gasteiger partial charge >= 0.3 is 0 Å². The first-order chi connectivity index (χ1) is 4.83. The molecular weight excluding hydrogens is 132 g/mol. The van der Waals surface area contributed by atoms with Gasteiger partial charge in [0.25, 0.3) is 0 Å². The van der Waals surface area contributed by atoms with E-state index in [4.69, 9.17) is 9.47 Å². The molecule has 1 aliphatic carbocycles. The molecule has 1 heterocycles. The van der Waals surface area contributed by atoms with Crippen LogP contribution in [0.1, 0.15) is 25.7 Å². The molecule has 2 fully saturated rings. The standard InChI is InChI=1S/C7H10O3/c8-6-3-1-2-4-7(6)9-5-10-7/h1-5H2. The molecule has 0 unspecified atom stereocenters. The van der Waals surface area contributed by atoms with Gasteiger partial charge in [-0.3, -0.25) is 4.79 Å². The summed E-state index contributed by atoms with van der Waals surface area (Å²) in [6.45, 7) is 0.297. The molecule has 0 amide bonds. The predicted molar refractivity (Wildman–Crippen MR) is 33.2 cm³/mol. The van der Waals surface area contributed by atoms with E-state index >= 15 is 0 Å². The second kappa shape index (κ2) is 2.04. The Morgan fingerprint density at radius 2 is 2.10 bits per heavy atom. The van der Waals surface area contributed by atoms with Crippen LogP contribution < -0.4 is 0 Å². The lowest BCUT2D eigenvalue weighted by Gasteiger charge is -2.42. The first kappa shape index (κ1) is 6.31. The van der Waals surface area contributed by atoms with Crippen LogP contribution in [-0.4, -0.2) is 18.4 Å². The Labute approximate surface area is 59.3 Å². The van der Waals surface area contributed by atoms with E-state index in [1.807, 2.05) is 0 Å². The first-order valence-electron chi connectivity index (χ1n) is 3.65. The predicted octanol–water partition coefficient (Wildman–Crippen LogP) is 0.830. The van der Waals surface area contributed by atoms with Crippen molar-refractivity contribution in [3.63, 3.8) is 0 Å². The van der Waals surface area contributed by atoms with Crippen molar-refractivity contribution in [3.8, 4) is 0 Å². The molecule has 3 heteroatoms. The van der Waals surface area contributed by atoms with E-state index in [9.17, 15) is 4.79 Å². The van der Waals surface area contributed by atoms with E-state index in [1.54, 1.807) is 0 Å². The van der Waals surface area contributed by atoms with E-state index in [1.165, 1.54) is 0 Å². The monoisotopic (exact) mass is 142 g/mol. The van der Waals surface area contributed by atoms with Crippen LogP contribution in [-0.2, 0) is 14.3 Å². The van der Waals surface area contributed by atoms with Crippen molar-refractivity contribution in [2.75, 3.05) is 6.79 Å². The molecule has 0 N–H and O–H groups in total. The van der Waals surface area contributed by atoms with Gasteiger partial charge in [-0.1, -0.05) is 0 Å². The third kappa shape index (κ3) is 0.707. The number of ether oxygens (including phenoxy) is 2. The lowest BCUT2D eigenvalue weighted by molar-refractivity contribution is -0.378. The van der Waals surface area contributed by atoms with Crippen molar-refractivity contribution >= 4 is 5.78 Å². The Hall–Kier alpha value is -0.410. The molecular formula is C7H10O3. The average molecular weight is 142 g/mol. The Bertz CT molecular complexity index is 160. The van der Waals surface area contributed by atoms with Crippen LogP contribution in [0.3, 0.4) is 0 Å². The summed E-state index contributed by atoms with van der Waals surface area (Å²) in [7, 11) is 0. The molecule has 0 radical (unpaired) electrons. The van der Waals surface area contributed by atoms with Crippen LogP contribution in [0.15, 0.2) is 0 Å². The molecule has 0 atom stereocenters. The highest BCUT2D eigenvalue weighted by Crippen LogP contribution is 2.35. The Morgan fingerprint density at radius 3 is 2.50 bits per heavy atom. The second-order valence-corrected chi connectivity index (χ2v) is 2.79. The quantitative estimate of drug-likeness (QED) is 0.502. The Morgan fingerprint density at radius 1 is 1.30 bits per heavy atom. The zero-order chi connectivity index (χ0) is 7.03. The molecule has 0 aromatic heterocycles.